The molecule has 2 saturated heterocycles. The van der Waals surface area contributed by atoms with Crippen LogP contribution in [0.25, 0.3) is 28.1 Å². The molecule has 2 unspecified atom stereocenters. The number of aromatic amines is 1. The fourth-order valence-corrected chi connectivity index (χ4v) is 5.72. The van der Waals surface area contributed by atoms with Gasteiger partial charge in [-0.2, -0.15) is 4.98 Å². The zero-order valence-electron chi connectivity index (χ0n) is 22.3. The Bertz CT molecular complexity index is 1720. The van der Waals surface area contributed by atoms with Crippen LogP contribution >= 0.6 is 0 Å². The van der Waals surface area contributed by atoms with Gasteiger partial charge < -0.3 is 20.9 Å². The first-order chi connectivity index (χ1) is 19.6. The Balaban J connectivity index is 1.29. The van der Waals surface area contributed by atoms with E-state index >= 15 is 0 Å². The fraction of sp³-hybridized carbons (Fsp3) is 0.300. The van der Waals surface area contributed by atoms with E-state index < -0.39 is 0 Å². The van der Waals surface area contributed by atoms with E-state index in [2.05, 4.69) is 55.2 Å². The molecule has 2 fully saturated rings. The van der Waals surface area contributed by atoms with Gasteiger partial charge in [-0.3, -0.25) is 4.79 Å². The smallest absolute Gasteiger partial charge is 0.267 e. The van der Waals surface area contributed by atoms with E-state index in [1.165, 1.54) is 5.56 Å². The van der Waals surface area contributed by atoms with Crippen molar-refractivity contribution in [2.45, 2.75) is 31.6 Å². The van der Waals surface area contributed by atoms with Gasteiger partial charge in [0.2, 0.25) is 5.95 Å². The van der Waals surface area contributed by atoms with E-state index in [-0.39, 0.29) is 11.5 Å². The highest BCUT2D eigenvalue weighted by Gasteiger charge is 2.23. The Kier molecular flexibility index (Phi) is 6.33. The van der Waals surface area contributed by atoms with Crippen molar-refractivity contribution in [3.05, 3.63) is 88.4 Å². The lowest BCUT2D eigenvalue weighted by atomic mass is 9.98. The molecule has 5 aromatic rings. The Labute approximate surface area is 231 Å². The number of benzene rings is 1. The third-order valence-corrected chi connectivity index (χ3v) is 7.93. The van der Waals surface area contributed by atoms with Crippen LogP contribution < -0.4 is 21.5 Å². The number of nitrogens with one attached hydrogen (secondary N) is 4. The Morgan fingerprint density at radius 1 is 0.950 bits per heavy atom. The first-order valence-corrected chi connectivity index (χ1v) is 13.8. The van der Waals surface area contributed by atoms with Crippen LogP contribution in [0.2, 0.25) is 0 Å². The van der Waals surface area contributed by atoms with Gasteiger partial charge in [-0.25, -0.2) is 19.5 Å². The van der Waals surface area contributed by atoms with Crippen molar-refractivity contribution in [1.29, 1.82) is 0 Å². The maximum atomic E-state index is 14.1. The molecule has 4 N–H and O–H groups in total. The molecule has 10 heteroatoms. The number of hydrogen-bond donors (Lipinski definition) is 4. The van der Waals surface area contributed by atoms with Crippen LogP contribution in [0, 0.1) is 6.92 Å². The largest absolute Gasteiger partial charge is 0.348 e. The average Bonchev–Trinajstić information content (AvgIpc) is 3.78. The van der Waals surface area contributed by atoms with Gasteiger partial charge in [-0.1, -0.05) is 12.1 Å². The van der Waals surface area contributed by atoms with Gasteiger partial charge in [-0.15, -0.1) is 0 Å². The standard InChI is InChI=1S/C30H31N9O/c1-18-14-34-27(21-9-12-32-16-21)37-26(18)24-13-22-17-35-30(38-28(22)39(29(24)40)25-3-2-10-33-25)36-23-6-4-19(5-7-23)20-8-11-31-15-20/h2-7,10,13-14,17,20-21,31-33H,8-9,11-12,15-16H2,1H3,(H,35,36,38). The highest BCUT2D eigenvalue weighted by atomic mass is 16.1. The fourth-order valence-electron chi connectivity index (χ4n) is 5.72. The van der Waals surface area contributed by atoms with Crippen LogP contribution in [0.15, 0.2) is 65.8 Å². The molecule has 0 spiro atoms. The molecule has 0 saturated carbocycles. The summed E-state index contributed by atoms with van der Waals surface area (Å²) in [5, 5.41) is 10.8. The quantitative estimate of drug-likeness (QED) is 0.260. The maximum Gasteiger partial charge on any atom is 0.267 e. The van der Waals surface area contributed by atoms with Crippen molar-refractivity contribution in [1.82, 2.24) is 40.1 Å². The molecule has 0 bridgehead atoms. The number of aromatic nitrogens is 6. The van der Waals surface area contributed by atoms with Crippen LogP contribution in [0.3, 0.4) is 0 Å². The summed E-state index contributed by atoms with van der Waals surface area (Å²) in [7, 11) is 0. The predicted molar refractivity (Wildman–Crippen MR) is 155 cm³/mol. The van der Waals surface area contributed by atoms with Gasteiger partial charge in [0, 0.05) is 48.7 Å². The average molecular weight is 534 g/mol. The van der Waals surface area contributed by atoms with E-state index in [0.717, 1.165) is 61.5 Å². The number of aryl methyl sites for hydroxylation is 1. The second-order valence-electron chi connectivity index (χ2n) is 10.6. The first kappa shape index (κ1) is 24.6. The Hall–Kier alpha value is -4.41. The monoisotopic (exact) mass is 533 g/mol. The second kappa shape index (κ2) is 10.3. The minimum absolute atomic E-state index is 0.202. The Morgan fingerprint density at radius 3 is 2.48 bits per heavy atom. The molecule has 0 aliphatic carbocycles. The maximum absolute atomic E-state index is 14.1. The van der Waals surface area contributed by atoms with Crippen molar-refractivity contribution in [2.75, 3.05) is 31.5 Å². The van der Waals surface area contributed by atoms with E-state index in [1.807, 2.05) is 31.3 Å². The summed E-state index contributed by atoms with van der Waals surface area (Å²) >= 11 is 0. The number of rotatable bonds is 6. The van der Waals surface area contributed by atoms with Gasteiger partial charge in [0.05, 0.1) is 11.3 Å². The number of H-pyrrole nitrogens is 1. The molecule has 1 aromatic carbocycles. The number of fused-ring (bicyclic) bond motifs is 1. The molecule has 7 rings (SSSR count). The lowest BCUT2D eigenvalue weighted by Gasteiger charge is -2.15. The highest BCUT2D eigenvalue weighted by molar-refractivity contribution is 5.83. The minimum atomic E-state index is -0.202. The normalized spacial score (nSPS) is 18.9. The van der Waals surface area contributed by atoms with E-state index in [0.29, 0.717) is 34.6 Å². The molecule has 2 aliphatic rings. The molecular weight excluding hydrogens is 502 g/mol. The summed E-state index contributed by atoms with van der Waals surface area (Å²) in [6.07, 6.45) is 7.51. The van der Waals surface area contributed by atoms with E-state index in [1.54, 1.807) is 17.0 Å². The van der Waals surface area contributed by atoms with Crippen molar-refractivity contribution in [3.63, 3.8) is 0 Å². The topological polar surface area (TPSA) is 125 Å². The minimum Gasteiger partial charge on any atom is -0.348 e. The molecule has 40 heavy (non-hydrogen) atoms. The molecular formula is C30H31N9O. The van der Waals surface area contributed by atoms with Crippen molar-refractivity contribution >= 4 is 22.7 Å². The lowest BCUT2D eigenvalue weighted by molar-refractivity contribution is 0.701. The number of nitrogens with zero attached hydrogens (tertiary/aromatic N) is 5. The van der Waals surface area contributed by atoms with Crippen LogP contribution in [0.4, 0.5) is 11.6 Å². The van der Waals surface area contributed by atoms with Gasteiger partial charge in [0.25, 0.3) is 5.56 Å². The SMILES string of the molecule is Cc1cnc(C2CCNC2)nc1-c1cc2cnc(Nc3ccc(C4CCNC4)cc3)nc2n(-c2ccc[nH]2)c1=O. The predicted octanol–water partition coefficient (Wildman–Crippen LogP) is 3.77. The molecule has 2 aliphatic heterocycles. The third kappa shape index (κ3) is 4.55. The van der Waals surface area contributed by atoms with Crippen LogP contribution in [-0.2, 0) is 0 Å². The second-order valence-corrected chi connectivity index (χ2v) is 10.6. The molecule has 202 valence electrons. The van der Waals surface area contributed by atoms with Crippen LogP contribution in [0.5, 0.6) is 0 Å². The first-order valence-electron chi connectivity index (χ1n) is 13.8. The van der Waals surface area contributed by atoms with E-state index in [9.17, 15) is 4.79 Å². The number of anilines is 2. The summed E-state index contributed by atoms with van der Waals surface area (Å²) in [5.74, 6) is 2.61. The number of pyridine rings is 1. The third-order valence-electron chi connectivity index (χ3n) is 7.93. The van der Waals surface area contributed by atoms with Gasteiger partial charge in [0.1, 0.15) is 11.6 Å². The van der Waals surface area contributed by atoms with Crippen molar-refractivity contribution in [2.24, 2.45) is 0 Å². The Morgan fingerprint density at radius 2 is 1.75 bits per heavy atom. The molecule has 6 heterocycles. The zero-order chi connectivity index (χ0) is 27.1. The summed E-state index contributed by atoms with van der Waals surface area (Å²) in [6, 6.07) is 14.0. The summed E-state index contributed by atoms with van der Waals surface area (Å²) in [4.78, 5) is 36.1. The van der Waals surface area contributed by atoms with Gasteiger partial charge >= 0.3 is 0 Å². The lowest BCUT2D eigenvalue weighted by Crippen LogP contribution is -2.23. The highest BCUT2D eigenvalue weighted by Crippen LogP contribution is 2.28. The summed E-state index contributed by atoms with van der Waals surface area (Å²) in [5.41, 5.74) is 4.51. The molecule has 0 radical (unpaired) electrons. The molecule has 4 aromatic heterocycles. The zero-order valence-corrected chi connectivity index (χ0v) is 22.3. The van der Waals surface area contributed by atoms with Gasteiger partial charge in [-0.05, 0) is 80.2 Å². The van der Waals surface area contributed by atoms with Crippen LogP contribution in [0.1, 0.15) is 41.6 Å². The number of hydrogen-bond acceptors (Lipinski definition) is 8. The van der Waals surface area contributed by atoms with Gasteiger partial charge in [0.15, 0.2) is 5.65 Å². The van der Waals surface area contributed by atoms with Crippen molar-refractivity contribution in [3.8, 4) is 17.1 Å². The summed E-state index contributed by atoms with van der Waals surface area (Å²) < 4.78 is 1.60. The van der Waals surface area contributed by atoms with E-state index in [4.69, 9.17) is 9.97 Å². The molecule has 10 nitrogen and oxygen atoms in total. The van der Waals surface area contributed by atoms with Crippen LogP contribution in [-0.4, -0.2) is 55.7 Å². The summed E-state index contributed by atoms with van der Waals surface area (Å²) in [6.45, 7) is 5.81. The molecule has 2 atom stereocenters. The van der Waals surface area contributed by atoms with Crippen molar-refractivity contribution < 1.29 is 0 Å². The molecule has 0 amide bonds.